The lowest BCUT2D eigenvalue weighted by Gasteiger charge is -1.91. The van der Waals surface area contributed by atoms with E-state index in [0.29, 0.717) is 12.6 Å². The molecule has 0 unspecified atom stereocenters. The largest absolute Gasteiger partial charge is 0.464 e. The van der Waals surface area contributed by atoms with Gasteiger partial charge in [0.2, 0.25) is 0 Å². The van der Waals surface area contributed by atoms with Gasteiger partial charge >= 0.3 is 5.95 Å². The van der Waals surface area contributed by atoms with Crippen LogP contribution in [0.4, 0.5) is 0 Å². The van der Waals surface area contributed by atoms with Crippen LogP contribution in [0.1, 0.15) is 6.92 Å². The summed E-state index contributed by atoms with van der Waals surface area (Å²) in [6, 6.07) is 1.74. The Morgan fingerprint density at radius 2 is 2.54 bits per heavy atom. The minimum absolute atomic E-state index is 0.438. The Kier molecular flexibility index (Phi) is 2.27. The highest BCUT2D eigenvalue weighted by molar-refractivity contribution is 7.13. The van der Waals surface area contributed by atoms with E-state index in [-0.39, 0.29) is 0 Å². The van der Waals surface area contributed by atoms with Crippen LogP contribution in [0.3, 0.4) is 0 Å². The average molecular weight is 196 g/mol. The lowest BCUT2D eigenvalue weighted by atomic mass is 10.4. The van der Waals surface area contributed by atoms with Crippen LogP contribution in [0, 0.1) is 0 Å². The number of rotatable bonds is 3. The van der Waals surface area contributed by atoms with Crippen molar-refractivity contribution in [1.82, 2.24) is 10.1 Å². The maximum atomic E-state index is 5.13. The van der Waals surface area contributed by atoms with Gasteiger partial charge in [0.05, 0.1) is 12.7 Å². The van der Waals surface area contributed by atoms with E-state index in [2.05, 4.69) is 10.1 Å². The second-order valence-electron chi connectivity index (χ2n) is 2.30. The van der Waals surface area contributed by atoms with Crippen molar-refractivity contribution in [3.63, 3.8) is 0 Å². The lowest BCUT2D eigenvalue weighted by molar-refractivity contribution is 0.226. The maximum Gasteiger partial charge on any atom is 0.311 e. The number of thiazole rings is 1. The van der Waals surface area contributed by atoms with Crippen LogP contribution in [0.25, 0.3) is 10.7 Å². The first-order valence-electron chi connectivity index (χ1n) is 3.89. The molecule has 0 aliphatic carbocycles. The molecule has 0 N–H and O–H groups in total. The van der Waals surface area contributed by atoms with Crippen LogP contribution in [-0.4, -0.2) is 16.7 Å². The maximum absolute atomic E-state index is 5.13. The Morgan fingerprint density at radius 3 is 3.23 bits per heavy atom. The minimum atomic E-state index is 0.438. The van der Waals surface area contributed by atoms with Gasteiger partial charge in [-0.1, -0.05) is 5.16 Å². The Bertz CT molecular complexity index is 369. The summed E-state index contributed by atoms with van der Waals surface area (Å²) in [5, 5.41) is 6.56. The zero-order valence-corrected chi connectivity index (χ0v) is 7.87. The Labute approximate surface area is 79.2 Å². The molecule has 0 atom stereocenters. The molecular weight excluding hydrogens is 188 g/mol. The van der Waals surface area contributed by atoms with E-state index in [1.807, 2.05) is 12.3 Å². The van der Waals surface area contributed by atoms with Crippen LogP contribution in [-0.2, 0) is 0 Å². The normalized spacial score (nSPS) is 10.2. The van der Waals surface area contributed by atoms with Crippen LogP contribution in [0.15, 0.2) is 22.2 Å². The molecule has 0 radical (unpaired) electrons. The van der Waals surface area contributed by atoms with Crippen molar-refractivity contribution in [3.05, 3.63) is 17.6 Å². The van der Waals surface area contributed by atoms with E-state index in [4.69, 9.17) is 9.26 Å². The molecule has 0 amide bonds. The van der Waals surface area contributed by atoms with E-state index in [0.717, 1.165) is 10.7 Å². The Morgan fingerprint density at radius 1 is 1.62 bits per heavy atom. The summed E-state index contributed by atoms with van der Waals surface area (Å²) in [5.74, 6) is 0.438. The minimum Gasteiger partial charge on any atom is -0.464 e. The van der Waals surface area contributed by atoms with Crippen molar-refractivity contribution in [2.45, 2.75) is 6.92 Å². The standard InChI is InChI=1S/C8H8N2O2S/c1-2-11-7-5-6(10-12-7)8-9-3-4-13-8/h3-5H,2H2,1H3. The van der Waals surface area contributed by atoms with Crippen molar-refractivity contribution in [2.24, 2.45) is 0 Å². The first-order chi connectivity index (χ1) is 6.40. The fraction of sp³-hybridized carbons (Fsp3) is 0.250. The number of ether oxygens (including phenoxy) is 1. The SMILES string of the molecule is CCOc1cc(-c2nccs2)no1. The van der Waals surface area contributed by atoms with Gasteiger partial charge in [-0.3, -0.25) is 0 Å². The van der Waals surface area contributed by atoms with Gasteiger partial charge in [0.25, 0.3) is 0 Å². The molecule has 0 saturated heterocycles. The molecule has 2 aromatic heterocycles. The highest BCUT2D eigenvalue weighted by atomic mass is 32.1. The number of nitrogens with zero attached hydrogens (tertiary/aromatic N) is 2. The summed E-state index contributed by atoms with van der Waals surface area (Å²) >= 11 is 1.52. The zero-order chi connectivity index (χ0) is 9.10. The quantitative estimate of drug-likeness (QED) is 0.755. The predicted molar refractivity (Wildman–Crippen MR) is 48.8 cm³/mol. The second-order valence-corrected chi connectivity index (χ2v) is 3.20. The van der Waals surface area contributed by atoms with E-state index in [1.165, 1.54) is 11.3 Å². The van der Waals surface area contributed by atoms with E-state index in [9.17, 15) is 0 Å². The van der Waals surface area contributed by atoms with Gasteiger partial charge in [0, 0.05) is 11.6 Å². The first-order valence-corrected chi connectivity index (χ1v) is 4.77. The fourth-order valence-corrected chi connectivity index (χ4v) is 1.51. The predicted octanol–water partition coefficient (Wildman–Crippen LogP) is 2.20. The molecule has 4 nitrogen and oxygen atoms in total. The van der Waals surface area contributed by atoms with Crippen molar-refractivity contribution in [3.8, 4) is 16.6 Å². The van der Waals surface area contributed by atoms with Crippen molar-refractivity contribution < 1.29 is 9.26 Å². The molecule has 0 fully saturated rings. The molecule has 0 saturated carbocycles. The monoisotopic (exact) mass is 196 g/mol. The molecule has 68 valence electrons. The van der Waals surface area contributed by atoms with Crippen LogP contribution < -0.4 is 4.74 Å². The molecule has 2 rings (SSSR count). The smallest absolute Gasteiger partial charge is 0.311 e. The molecular formula is C8H8N2O2S. The number of hydrogen-bond acceptors (Lipinski definition) is 5. The van der Waals surface area contributed by atoms with Gasteiger partial charge in [-0.05, 0) is 6.92 Å². The van der Waals surface area contributed by atoms with Gasteiger partial charge in [-0.2, -0.15) is 0 Å². The van der Waals surface area contributed by atoms with Crippen molar-refractivity contribution in [1.29, 1.82) is 0 Å². The molecule has 13 heavy (non-hydrogen) atoms. The molecule has 2 aromatic rings. The van der Waals surface area contributed by atoms with Gasteiger partial charge in [-0.25, -0.2) is 4.98 Å². The van der Waals surface area contributed by atoms with Crippen LogP contribution >= 0.6 is 11.3 Å². The molecule has 0 aromatic carbocycles. The highest BCUT2D eigenvalue weighted by Gasteiger charge is 2.08. The summed E-state index contributed by atoms with van der Waals surface area (Å²) in [7, 11) is 0. The Hall–Kier alpha value is -1.36. The third kappa shape index (κ3) is 1.70. The van der Waals surface area contributed by atoms with Crippen molar-refractivity contribution >= 4 is 11.3 Å². The lowest BCUT2D eigenvalue weighted by Crippen LogP contribution is -1.87. The number of hydrogen-bond donors (Lipinski definition) is 0. The molecule has 2 heterocycles. The van der Waals surface area contributed by atoms with Gasteiger partial charge < -0.3 is 9.26 Å². The molecule has 0 bridgehead atoms. The highest BCUT2D eigenvalue weighted by Crippen LogP contribution is 2.24. The van der Waals surface area contributed by atoms with Crippen LogP contribution in [0.5, 0.6) is 5.95 Å². The molecule has 0 aliphatic heterocycles. The number of aromatic nitrogens is 2. The molecule has 0 aliphatic rings. The summed E-state index contributed by atoms with van der Waals surface area (Å²) in [6.07, 6.45) is 1.73. The topological polar surface area (TPSA) is 48.2 Å². The summed E-state index contributed by atoms with van der Waals surface area (Å²) in [4.78, 5) is 4.10. The third-order valence-electron chi connectivity index (χ3n) is 1.43. The second kappa shape index (κ2) is 3.57. The first kappa shape index (κ1) is 8.25. The average Bonchev–Trinajstić information content (AvgIpc) is 2.70. The third-order valence-corrected chi connectivity index (χ3v) is 2.22. The van der Waals surface area contributed by atoms with Gasteiger partial charge in [0.1, 0.15) is 10.7 Å². The molecule has 5 heteroatoms. The fourth-order valence-electron chi connectivity index (χ4n) is 0.919. The van der Waals surface area contributed by atoms with E-state index < -0.39 is 0 Å². The summed E-state index contributed by atoms with van der Waals surface area (Å²) in [5.41, 5.74) is 0.721. The summed E-state index contributed by atoms with van der Waals surface area (Å²) < 4.78 is 10.1. The van der Waals surface area contributed by atoms with Gasteiger partial charge in [0.15, 0.2) is 0 Å². The van der Waals surface area contributed by atoms with E-state index in [1.54, 1.807) is 12.3 Å². The summed E-state index contributed by atoms with van der Waals surface area (Å²) in [6.45, 7) is 2.47. The van der Waals surface area contributed by atoms with E-state index >= 15 is 0 Å². The Balaban J connectivity index is 2.23. The zero-order valence-electron chi connectivity index (χ0n) is 7.06. The molecule has 0 spiro atoms. The van der Waals surface area contributed by atoms with Crippen molar-refractivity contribution in [2.75, 3.05) is 6.61 Å². The van der Waals surface area contributed by atoms with Crippen LogP contribution in [0.2, 0.25) is 0 Å². The van der Waals surface area contributed by atoms with Gasteiger partial charge in [-0.15, -0.1) is 11.3 Å².